The zero-order chi connectivity index (χ0) is 19.8. The average Bonchev–Trinajstić information content (AvgIpc) is 2.70. The predicted molar refractivity (Wildman–Crippen MR) is 118 cm³/mol. The molecule has 0 aliphatic rings. The van der Waals surface area contributed by atoms with Gasteiger partial charge in [-0.1, -0.05) is 68.3 Å². The van der Waals surface area contributed by atoms with E-state index in [2.05, 4.69) is 42.4 Å². The molecule has 0 atom stereocenters. The fourth-order valence-corrected chi connectivity index (χ4v) is 2.97. The number of hydrogen-bond acceptors (Lipinski definition) is 3. The van der Waals surface area contributed by atoms with E-state index < -0.39 is 0 Å². The highest BCUT2D eigenvalue weighted by Gasteiger charge is 2.02. The van der Waals surface area contributed by atoms with Gasteiger partial charge in [-0.3, -0.25) is 4.79 Å². The molecule has 1 N–H and O–H groups in total. The molecule has 0 fully saturated rings. The van der Waals surface area contributed by atoms with E-state index in [1.807, 2.05) is 72.8 Å². The van der Waals surface area contributed by atoms with Crippen LogP contribution in [0.1, 0.15) is 16.7 Å². The summed E-state index contributed by atoms with van der Waals surface area (Å²) < 4.78 is 7.84. The molecule has 3 rings (SSSR count). The molecule has 4 nitrogen and oxygen atoms in total. The van der Waals surface area contributed by atoms with Gasteiger partial charge in [0, 0.05) is 8.95 Å². The highest BCUT2D eigenvalue weighted by molar-refractivity contribution is 9.10. The van der Waals surface area contributed by atoms with Gasteiger partial charge in [-0.2, -0.15) is 5.10 Å². The monoisotopic (exact) mass is 500 g/mol. The van der Waals surface area contributed by atoms with Gasteiger partial charge >= 0.3 is 0 Å². The number of amides is 1. The molecule has 0 saturated carbocycles. The largest absolute Gasteiger partial charge is 0.489 e. The zero-order valence-electron chi connectivity index (χ0n) is 14.9. The van der Waals surface area contributed by atoms with Crippen LogP contribution >= 0.6 is 31.9 Å². The number of carbonyl (C=O) groups is 1. The van der Waals surface area contributed by atoms with Crippen LogP contribution in [0, 0.1) is 0 Å². The number of hydrazone groups is 1. The first-order valence-electron chi connectivity index (χ1n) is 8.62. The standard InChI is InChI=1S/C22H18Br2N2O2/c23-19-8-4-16(5-9-19)13-22(27)26-25-14-18-2-1-3-21(12-18)28-15-17-6-10-20(24)11-7-17/h1-12,14H,13,15H2,(H,26,27)/b25-14+. The summed E-state index contributed by atoms with van der Waals surface area (Å²) in [5, 5.41) is 4.03. The third kappa shape index (κ3) is 6.62. The second kappa shape index (κ2) is 10.2. The van der Waals surface area contributed by atoms with E-state index in [0.29, 0.717) is 6.61 Å². The van der Waals surface area contributed by atoms with Crippen molar-refractivity contribution in [2.24, 2.45) is 5.10 Å². The number of benzene rings is 3. The molecule has 0 unspecified atom stereocenters. The molecule has 0 saturated heterocycles. The first-order valence-corrected chi connectivity index (χ1v) is 10.2. The molecule has 142 valence electrons. The van der Waals surface area contributed by atoms with Crippen LogP contribution in [0.5, 0.6) is 5.75 Å². The van der Waals surface area contributed by atoms with E-state index in [-0.39, 0.29) is 12.3 Å². The van der Waals surface area contributed by atoms with Crippen LogP contribution in [0.4, 0.5) is 0 Å². The van der Waals surface area contributed by atoms with Crippen molar-refractivity contribution in [3.05, 3.63) is 98.4 Å². The lowest BCUT2D eigenvalue weighted by Crippen LogP contribution is -2.19. The third-order valence-electron chi connectivity index (χ3n) is 3.86. The smallest absolute Gasteiger partial charge is 0.244 e. The van der Waals surface area contributed by atoms with Gasteiger partial charge < -0.3 is 4.74 Å². The number of rotatable bonds is 7. The van der Waals surface area contributed by atoms with Crippen LogP contribution in [0.3, 0.4) is 0 Å². The van der Waals surface area contributed by atoms with Gasteiger partial charge in [0.2, 0.25) is 5.91 Å². The predicted octanol–water partition coefficient (Wildman–Crippen LogP) is 5.48. The van der Waals surface area contributed by atoms with Crippen molar-refractivity contribution >= 4 is 44.0 Å². The van der Waals surface area contributed by atoms with Crippen molar-refractivity contribution in [3.63, 3.8) is 0 Å². The maximum atomic E-state index is 12.0. The Bertz CT molecular complexity index is 955. The second-order valence-electron chi connectivity index (χ2n) is 6.08. The molecule has 0 aliphatic heterocycles. The van der Waals surface area contributed by atoms with Crippen LogP contribution in [0.2, 0.25) is 0 Å². The summed E-state index contributed by atoms with van der Waals surface area (Å²) in [6.45, 7) is 0.484. The Morgan fingerprint density at radius 3 is 2.25 bits per heavy atom. The molecule has 3 aromatic carbocycles. The van der Waals surface area contributed by atoms with Gasteiger partial charge in [0.1, 0.15) is 12.4 Å². The summed E-state index contributed by atoms with van der Waals surface area (Å²) in [5.74, 6) is 0.578. The van der Waals surface area contributed by atoms with Crippen molar-refractivity contribution in [2.75, 3.05) is 0 Å². The minimum Gasteiger partial charge on any atom is -0.489 e. The van der Waals surface area contributed by atoms with Gasteiger partial charge in [0.05, 0.1) is 12.6 Å². The lowest BCUT2D eigenvalue weighted by molar-refractivity contribution is -0.120. The molecule has 6 heteroatoms. The van der Waals surface area contributed by atoms with Crippen molar-refractivity contribution in [1.82, 2.24) is 5.43 Å². The number of nitrogens with one attached hydrogen (secondary N) is 1. The minimum absolute atomic E-state index is 0.166. The summed E-state index contributed by atoms with van der Waals surface area (Å²) in [6.07, 6.45) is 1.88. The van der Waals surface area contributed by atoms with Gasteiger partial charge in [-0.25, -0.2) is 5.43 Å². The average molecular weight is 502 g/mol. The lowest BCUT2D eigenvalue weighted by atomic mass is 10.1. The van der Waals surface area contributed by atoms with Crippen LogP contribution in [-0.2, 0) is 17.8 Å². The Morgan fingerprint density at radius 1 is 0.929 bits per heavy atom. The first-order chi connectivity index (χ1) is 13.6. The molecule has 28 heavy (non-hydrogen) atoms. The van der Waals surface area contributed by atoms with E-state index >= 15 is 0 Å². The molecule has 0 aliphatic carbocycles. The highest BCUT2D eigenvalue weighted by Crippen LogP contribution is 2.16. The van der Waals surface area contributed by atoms with Gasteiger partial charge in [-0.15, -0.1) is 0 Å². The minimum atomic E-state index is -0.166. The molecule has 0 heterocycles. The Labute approximate surface area is 180 Å². The molecule has 0 aromatic heterocycles. The van der Waals surface area contributed by atoms with Crippen LogP contribution in [0.15, 0.2) is 86.8 Å². The summed E-state index contributed by atoms with van der Waals surface area (Å²) in [4.78, 5) is 12.0. The van der Waals surface area contributed by atoms with E-state index in [4.69, 9.17) is 4.74 Å². The van der Waals surface area contributed by atoms with Crippen LogP contribution in [0.25, 0.3) is 0 Å². The normalized spacial score (nSPS) is 10.8. The molecule has 3 aromatic rings. The number of carbonyl (C=O) groups excluding carboxylic acids is 1. The third-order valence-corrected chi connectivity index (χ3v) is 4.91. The SMILES string of the molecule is O=C(Cc1ccc(Br)cc1)N/N=C/c1cccc(OCc2ccc(Br)cc2)c1. The topological polar surface area (TPSA) is 50.7 Å². The molecule has 0 bridgehead atoms. The molecular weight excluding hydrogens is 484 g/mol. The Balaban J connectivity index is 1.51. The maximum Gasteiger partial charge on any atom is 0.244 e. The number of ether oxygens (including phenoxy) is 1. The zero-order valence-corrected chi connectivity index (χ0v) is 18.1. The first kappa shape index (κ1) is 20.3. The maximum absolute atomic E-state index is 12.0. The van der Waals surface area contributed by atoms with Gasteiger partial charge in [0.25, 0.3) is 0 Å². The fraction of sp³-hybridized carbons (Fsp3) is 0.0909. The molecule has 0 spiro atoms. The quantitative estimate of drug-likeness (QED) is 0.344. The molecule has 0 radical (unpaired) electrons. The number of nitrogens with zero attached hydrogens (tertiary/aromatic N) is 1. The van der Waals surface area contributed by atoms with Crippen LogP contribution < -0.4 is 10.2 Å². The van der Waals surface area contributed by atoms with E-state index in [0.717, 1.165) is 31.4 Å². The van der Waals surface area contributed by atoms with Crippen molar-refractivity contribution in [1.29, 1.82) is 0 Å². The van der Waals surface area contributed by atoms with E-state index in [1.54, 1.807) is 6.21 Å². The van der Waals surface area contributed by atoms with E-state index in [1.165, 1.54) is 0 Å². The Hall–Kier alpha value is -2.44. The van der Waals surface area contributed by atoms with Crippen molar-refractivity contribution < 1.29 is 9.53 Å². The Kier molecular flexibility index (Phi) is 7.39. The second-order valence-corrected chi connectivity index (χ2v) is 7.92. The summed E-state index contributed by atoms with van der Waals surface area (Å²) in [6, 6.07) is 23.2. The van der Waals surface area contributed by atoms with Gasteiger partial charge in [0.15, 0.2) is 0 Å². The molecular formula is C22H18Br2N2O2. The van der Waals surface area contributed by atoms with Crippen LogP contribution in [-0.4, -0.2) is 12.1 Å². The summed E-state index contributed by atoms with van der Waals surface area (Å²) in [5.41, 5.74) is 5.41. The summed E-state index contributed by atoms with van der Waals surface area (Å²) in [7, 11) is 0. The van der Waals surface area contributed by atoms with E-state index in [9.17, 15) is 4.79 Å². The lowest BCUT2D eigenvalue weighted by Gasteiger charge is -2.07. The van der Waals surface area contributed by atoms with Crippen molar-refractivity contribution in [3.8, 4) is 5.75 Å². The van der Waals surface area contributed by atoms with Gasteiger partial charge in [-0.05, 0) is 53.1 Å². The van der Waals surface area contributed by atoms with Crippen molar-refractivity contribution in [2.45, 2.75) is 13.0 Å². The fourth-order valence-electron chi connectivity index (χ4n) is 2.44. The number of halogens is 2. The molecule has 1 amide bonds. The number of hydrogen-bond donors (Lipinski definition) is 1. The summed E-state index contributed by atoms with van der Waals surface area (Å²) >= 11 is 6.80. The Morgan fingerprint density at radius 2 is 1.57 bits per heavy atom. The highest BCUT2D eigenvalue weighted by atomic mass is 79.9.